The zero-order chi connectivity index (χ0) is 18.4. The fourth-order valence-electron chi connectivity index (χ4n) is 3.94. The molecule has 2 heterocycles. The lowest BCUT2D eigenvalue weighted by molar-refractivity contribution is 0.0690. The number of piperidine rings is 1. The van der Waals surface area contributed by atoms with Crippen LogP contribution in [0.5, 0.6) is 0 Å². The van der Waals surface area contributed by atoms with Crippen LogP contribution < -0.4 is 5.32 Å². The van der Waals surface area contributed by atoms with Gasteiger partial charge in [0.2, 0.25) is 0 Å². The third kappa shape index (κ3) is 7.20. The molecule has 3 rings (SSSR count). The lowest BCUT2D eigenvalue weighted by Gasteiger charge is -2.33. The van der Waals surface area contributed by atoms with E-state index in [4.69, 9.17) is 0 Å². The molecule has 1 aromatic carbocycles. The number of likely N-dealkylation sites (tertiary alicyclic amines) is 1. The number of halogens is 2. The molecule has 0 saturated carbocycles. The van der Waals surface area contributed by atoms with Crippen LogP contribution in [-0.4, -0.2) is 80.0 Å². The molecular formula is C21H36Cl2N4O. The summed E-state index contributed by atoms with van der Waals surface area (Å²) < 4.78 is 0. The van der Waals surface area contributed by atoms with E-state index in [9.17, 15) is 4.79 Å². The largest absolute Gasteiger partial charge is 0.339 e. The summed E-state index contributed by atoms with van der Waals surface area (Å²) >= 11 is 0. The Kier molecular flexibility index (Phi) is 11.4. The molecule has 28 heavy (non-hydrogen) atoms. The summed E-state index contributed by atoms with van der Waals surface area (Å²) in [6, 6.07) is 8.26. The Morgan fingerprint density at radius 3 is 2.39 bits per heavy atom. The third-order valence-electron chi connectivity index (χ3n) is 5.76. The van der Waals surface area contributed by atoms with Gasteiger partial charge in [0.05, 0.1) is 0 Å². The summed E-state index contributed by atoms with van der Waals surface area (Å²) in [5.41, 5.74) is 2.10. The van der Waals surface area contributed by atoms with Crippen molar-refractivity contribution in [2.75, 3.05) is 59.4 Å². The van der Waals surface area contributed by atoms with Gasteiger partial charge in [-0.3, -0.25) is 9.69 Å². The molecule has 2 aliphatic heterocycles. The number of benzene rings is 1. The topological polar surface area (TPSA) is 38.8 Å². The number of carbonyl (C=O) groups excluding carboxylic acids is 1. The SMILES string of the molecule is CCNCC1CCN(C(=O)c2cccc(CN3CCN(C)CC3)c2)CC1.Cl.Cl. The monoisotopic (exact) mass is 430 g/mol. The van der Waals surface area contributed by atoms with Gasteiger partial charge < -0.3 is 15.1 Å². The van der Waals surface area contributed by atoms with E-state index in [1.807, 2.05) is 17.0 Å². The Balaban J connectivity index is 0.00000196. The molecule has 5 nitrogen and oxygen atoms in total. The van der Waals surface area contributed by atoms with Crippen LogP contribution in [0.15, 0.2) is 24.3 Å². The number of hydrogen-bond acceptors (Lipinski definition) is 4. The molecule has 1 aromatic rings. The van der Waals surface area contributed by atoms with Crippen LogP contribution in [0.3, 0.4) is 0 Å². The number of rotatable bonds is 6. The fourth-order valence-corrected chi connectivity index (χ4v) is 3.94. The van der Waals surface area contributed by atoms with Crippen LogP contribution in [-0.2, 0) is 6.54 Å². The smallest absolute Gasteiger partial charge is 0.253 e. The second kappa shape index (κ2) is 12.7. The molecule has 0 bridgehead atoms. The number of carbonyl (C=O) groups is 1. The van der Waals surface area contributed by atoms with Crippen LogP contribution in [0.25, 0.3) is 0 Å². The number of likely N-dealkylation sites (N-methyl/N-ethyl adjacent to an activating group) is 1. The number of nitrogens with one attached hydrogen (secondary N) is 1. The minimum Gasteiger partial charge on any atom is -0.339 e. The average molecular weight is 431 g/mol. The van der Waals surface area contributed by atoms with Crippen molar-refractivity contribution in [2.45, 2.75) is 26.3 Å². The van der Waals surface area contributed by atoms with Gasteiger partial charge in [-0.15, -0.1) is 24.8 Å². The first-order valence-electron chi connectivity index (χ1n) is 10.2. The number of hydrogen-bond donors (Lipinski definition) is 1. The normalized spacial score (nSPS) is 19.0. The zero-order valence-corrected chi connectivity index (χ0v) is 18.9. The second-order valence-electron chi connectivity index (χ2n) is 7.82. The third-order valence-corrected chi connectivity index (χ3v) is 5.76. The Hall–Kier alpha value is -0.850. The first-order valence-corrected chi connectivity index (χ1v) is 10.2. The van der Waals surface area contributed by atoms with Gasteiger partial charge >= 0.3 is 0 Å². The molecule has 7 heteroatoms. The van der Waals surface area contributed by atoms with E-state index in [-0.39, 0.29) is 30.7 Å². The van der Waals surface area contributed by atoms with Gasteiger partial charge in [0.25, 0.3) is 5.91 Å². The lowest BCUT2D eigenvalue weighted by atomic mass is 9.96. The maximum Gasteiger partial charge on any atom is 0.253 e. The van der Waals surface area contributed by atoms with Crippen molar-refractivity contribution in [2.24, 2.45) is 5.92 Å². The average Bonchev–Trinajstić information content (AvgIpc) is 2.68. The summed E-state index contributed by atoms with van der Waals surface area (Å²) in [6.45, 7) is 11.4. The van der Waals surface area contributed by atoms with E-state index in [1.54, 1.807) is 0 Å². The molecular weight excluding hydrogens is 395 g/mol. The Bertz CT molecular complexity index is 586. The molecule has 0 spiro atoms. The standard InChI is InChI=1S/C21H34N4O.2ClH/c1-3-22-16-18-7-9-25(10-8-18)21(26)20-6-4-5-19(15-20)17-24-13-11-23(2)12-14-24;;/h4-6,15,18,22H,3,7-14,16-17H2,1-2H3;2*1H. The van der Waals surface area contributed by atoms with Crippen LogP contribution in [0, 0.1) is 5.92 Å². The summed E-state index contributed by atoms with van der Waals surface area (Å²) in [5.74, 6) is 0.912. The highest BCUT2D eigenvalue weighted by atomic mass is 35.5. The molecule has 0 radical (unpaired) electrons. The predicted octanol–water partition coefficient (Wildman–Crippen LogP) is 2.74. The van der Waals surface area contributed by atoms with Crippen molar-refractivity contribution in [3.05, 3.63) is 35.4 Å². The molecule has 1 N–H and O–H groups in total. The second-order valence-corrected chi connectivity index (χ2v) is 7.82. The van der Waals surface area contributed by atoms with Crippen LogP contribution >= 0.6 is 24.8 Å². The van der Waals surface area contributed by atoms with E-state index < -0.39 is 0 Å². The van der Waals surface area contributed by atoms with Gasteiger partial charge in [-0.05, 0) is 56.6 Å². The molecule has 2 aliphatic rings. The molecule has 1 amide bonds. The summed E-state index contributed by atoms with van der Waals surface area (Å²) in [6.07, 6.45) is 2.22. The van der Waals surface area contributed by atoms with Crippen molar-refractivity contribution in [1.82, 2.24) is 20.0 Å². The summed E-state index contributed by atoms with van der Waals surface area (Å²) in [5, 5.41) is 3.43. The molecule has 0 aliphatic carbocycles. The van der Waals surface area contributed by atoms with E-state index >= 15 is 0 Å². The van der Waals surface area contributed by atoms with Gasteiger partial charge in [-0.2, -0.15) is 0 Å². The van der Waals surface area contributed by atoms with E-state index in [1.165, 1.54) is 5.56 Å². The molecule has 0 unspecified atom stereocenters. The van der Waals surface area contributed by atoms with Crippen molar-refractivity contribution in [3.8, 4) is 0 Å². The summed E-state index contributed by atoms with van der Waals surface area (Å²) in [4.78, 5) is 19.8. The predicted molar refractivity (Wildman–Crippen MR) is 121 cm³/mol. The maximum atomic E-state index is 12.9. The first-order chi connectivity index (χ1) is 12.7. The van der Waals surface area contributed by atoms with Gasteiger partial charge in [0.1, 0.15) is 0 Å². The Morgan fingerprint density at radius 2 is 1.75 bits per heavy atom. The number of nitrogens with zero attached hydrogens (tertiary/aromatic N) is 3. The van der Waals surface area contributed by atoms with Crippen LogP contribution in [0.4, 0.5) is 0 Å². The van der Waals surface area contributed by atoms with Crippen LogP contribution in [0.1, 0.15) is 35.7 Å². The highest BCUT2D eigenvalue weighted by Crippen LogP contribution is 2.19. The first kappa shape index (κ1) is 25.2. The minimum atomic E-state index is 0. The Labute approximate surface area is 182 Å². The van der Waals surface area contributed by atoms with E-state index in [0.717, 1.165) is 77.3 Å². The molecule has 160 valence electrons. The highest BCUT2D eigenvalue weighted by Gasteiger charge is 2.23. The highest BCUT2D eigenvalue weighted by molar-refractivity contribution is 5.94. The number of piperazine rings is 1. The van der Waals surface area contributed by atoms with Crippen LogP contribution in [0.2, 0.25) is 0 Å². The molecule has 2 saturated heterocycles. The van der Waals surface area contributed by atoms with Gasteiger partial charge in [0.15, 0.2) is 0 Å². The molecule has 2 fully saturated rings. The van der Waals surface area contributed by atoms with Crippen molar-refractivity contribution < 1.29 is 4.79 Å². The van der Waals surface area contributed by atoms with E-state index in [2.05, 4.69) is 41.2 Å². The fraction of sp³-hybridized carbons (Fsp3) is 0.667. The van der Waals surface area contributed by atoms with E-state index in [0.29, 0.717) is 5.92 Å². The maximum absolute atomic E-state index is 12.9. The lowest BCUT2D eigenvalue weighted by Crippen LogP contribution is -2.44. The van der Waals surface area contributed by atoms with Crippen molar-refractivity contribution >= 4 is 30.7 Å². The van der Waals surface area contributed by atoms with Gasteiger partial charge in [0, 0.05) is 51.4 Å². The molecule has 0 atom stereocenters. The van der Waals surface area contributed by atoms with Gasteiger partial charge in [-0.25, -0.2) is 0 Å². The Morgan fingerprint density at radius 1 is 1.07 bits per heavy atom. The van der Waals surface area contributed by atoms with Gasteiger partial charge in [-0.1, -0.05) is 19.1 Å². The summed E-state index contributed by atoms with van der Waals surface area (Å²) in [7, 11) is 2.18. The number of amides is 1. The van der Waals surface area contributed by atoms with Crippen molar-refractivity contribution in [1.29, 1.82) is 0 Å². The minimum absolute atomic E-state index is 0. The zero-order valence-electron chi connectivity index (χ0n) is 17.2. The molecule has 0 aromatic heterocycles. The van der Waals surface area contributed by atoms with Crippen molar-refractivity contribution in [3.63, 3.8) is 0 Å². The quantitative estimate of drug-likeness (QED) is 0.752.